The molecule has 0 aromatic carbocycles. The Morgan fingerprint density at radius 1 is 1.37 bits per heavy atom. The maximum Gasteiger partial charge on any atom is 0.303 e. The van der Waals surface area contributed by atoms with Gasteiger partial charge in [-0.15, -0.1) is 11.3 Å². The quantitative estimate of drug-likeness (QED) is 0.756. The van der Waals surface area contributed by atoms with Gasteiger partial charge in [-0.1, -0.05) is 32.1 Å². The minimum absolute atomic E-state index is 0.00188. The second kappa shape index (κ2) is 8.65. The molecule has 2 heterocycles. The fraction of sp³-hybridized carbons (Fsp3) is 0.579. The molecule has 8 heteroatoms. The maximum atomic E-state index is 12.7. The monoisotopic (exact) mass is 391 g/mol. The van der Waals surface area contributed by atoms with Crippen LogP contribution in [0.15, 0.2) is 16.4 Å². The van der Waals surface area contributed by atoms with E-state index in [1.807, 2.05) is 5.38 Å². The van der Waals surface area contributed by atoms with Gasteiger partial charge in [-0.25, -0.2) is 4.98 Å². The van der Waals surface area contributed by atoms with E-state index in [4.69, 9.17) is 5.11 Å². The summed E-state index contributed by atoms with van der Waals surface area (Å²) >= 11 is 1.35. The van der Waals surface area contributed by atoms with E-state index in [2.05, 4.69) is 10.3 Å². The average molecular weight is 391 g/mol. The van der Waals surface area contributed by atoms with E-state index in [1.165, 1.54) is 41.2 Å². The highest BCUT2D eigenvalue weighted by Gasteiger charge is 2.23. The van der Waals surface area contributed by atoms with Crippen LogP contribution in [0.2, 0.25) is 0 Å². The van der Waals surface area contributed by atoms with Crippen molar-refractivity contribution in [3.05, 3.63) is 33.2 Å². The molecule has 0 saturated heterocycles. The maximum absolute atomic E-state index is 12.7. The Morgan fingerprint density at radius 2 is 2.11 bits per heavy atom. The van der Waals surface area contributed by atoms with Crippen LogP contribution in [0.3, 0.4) is 0 Å². The average Bonchev–Trinajstić information content (AvgIpc) is 3.02. The normalized spacial score (nSPS) is 16.3. The van der Waals surface area contributed by atoms with Crippen molar-refractivity contribution in [3.63, 3.8) is 0 Å². The number of carbonyl (C=O) groups is 2. The number of hydrogen-bond donors (Lipinski definition) is 2. The zero-order valence-corrected chi connectivity index (χ0v) is 16.3. The first kappa shape index (κ1) is 19.5. The second-order valence-electron chi connectivity index (χ2n) is 7.31. The van der Waals surface area contributed by atoms with Gasteiger partial charge in [-0.05, 0) is 25.7 Å². The standard InChI is InChI=1S/C19H25N3O4S/c1-12-11-27-19-20-10-15(18(26)22(12)19)17(25)21-14(7-8-16(23)24)9-13-5-3-2-4-6-13/h10-11,13-14H,2-9H2,1H3,(H,21,25)(H,23,24). The summed E-state index contributed by atoms with van der Waals surface area (Å²) in [5, 5.41) is 13.7. The molecule has 2 aromatic heterocycles. The van der Waals surface area contributed by atoms with E-state index in [0.717, 1.165) is 25.0 Å². The predicted octanol–water partition coefficient (Wildman–Crippen LogP) is 3.00. The minimum atomic E-state index is -0.880. The van der Waals surface area contributed by atoms with Crippen molar-refractivity contribution in [2.24, 2.45) is 5.92 Å². The molecule has 2 N–H and O–H groups in total. The number of fused-ring (bicyclic) bond motifs is 1. The Balaban J connectivity index is 1.76. The number of aliphatic carboxylic acids is 1. The molecule has 1 saturated carbocycles. The first-order valence-electron chi connectivity index (χ1n) is 9.44. The molecule has 1 fully saturated rings. The highest BCUT2D eigenvalue weighted by Crippen LogP contribution is 2.28. The first-order chi connectivity index (χ1) is 13.0. The number of hydrogen-bond acceptors (Lipinski definition) is 5. The number of carboxylic acid groups (broad SMARTS) is 1. The van der Waals surface area contributed by atoms with Gasteiger partial charge in [0.05, 0.1) is 0 Å². The van der Waals surface area contributed by atoms with Crippen LogP contribution in [-0.2, 0) is 4.79 Å². The number of thiazole rings is 1. The topological polar surface area (TPSA) is 101 Å². The molecule has 1 unspecified atom stereocenters. The third-order valence-corrected chi connectivity index (χ3v) is 6.20. The van der Waals surface area contributed by atoms with Crippen LogP contribution in [0.5, 0.6) is 0 Å². The van der Waals surface area contributed by atoms with E-state index < -0.39 is 11.9 Å². The number of amides is 1. The highest BCUT2D eigenvalue weighted by atomic mass is 32.1. The summed E-state index contributed by atoms with van der Waals surface area (Å²) in [7, 11) is 0. The Kier molecular flexibility index (Phi) is 6.26. The van der Waals surface area contributed by atoms with Crippen LogP contribution < -0.4 is 10.9 Å². The number of rotatable bonds is 7. The fourth-order valence-electron chi connectivity index (χ4n) is 3.82. The van der Waals surface area contributed by atoms with Gasteiger partial charge < -0.3 is 10.4 Å². The lowest BCUT2D eigenvalue weighted by atomic mass is 9.84. The van der Waals surface area contributed by atoms with Gasteiger partial charge in [-0.3, -0.25) is 18.8 Å². The lowest BCUT2D eigenvalue weighted by molar-refractivity contribution is -0.137. The Labute approximate surface area is 161 Å². The molecular weight excluding hydrogens is 366 g/mol. The van der Waals surface area contributed by atoms with Gasteiger partial charge in [0, 0.05) is 29.7 Å². The summed E-state index contributed by atoms with van der Waals surface area (Å²) < 4.78 is 1.44. The molecule has 0 aliphatic heterocycles. The van der Waals surface area contributed by atoms with Crippen molar-refractivity contribution in [3.8, 4) is 0 Å². The fourth-order valence-corrected chi connectivity index (χ4v) is 4.64. The summed E-state index contributed by atoms with van der Waals surface area (Å²) in [5.74, 6) is -0.854. The number of carboxylic acids is 1. The first-order valence-corrected chi connectivity index (χ1v) is 10.3. The minimum Gasteiger partial charge on any atom is -0.481 e. The highest BCUT2D eigenvalue weighted by molar-refractivity contribution is 7.15. The second-order valence-corrected chi connectivity index (χ2v) is 8.15. The smallest absolute Gasteiger partial charge is 0.303 e. The molecule has 3 rings (SSSR count). The Hall–Kier alpha value is -2.22. The largest absolute Gasteiger partial charge is 0.481 e. The van der Waals surface area contributed by atoms with Crippen LogP contribution in [0.4, 0.5) is 0 Å². The molecule has 1 aliphatic carbocycles. The number of aromatic nitrogens is 2. The van der Waals surface area contributed by atoms with Gasteiger partial charge in [0.15, 0.2) is 4.96 Å². The molecule has 146 valence electrons. The molecule has 1 amide bonds. The summed E-state index contributed by atoms with van der Waals surface area (Å²) in [6.07, 6.45) is 8.28. The molecule has 1 atom stereocenters. The SMILES string of the molecule is Cc1csc2ncc(C(=O)NC(CCC(=O)O)CC3CCCCC3)c(=O)n12. The van der Waals surface area contributed by atoms with E-state index in [1.54, 1.807) is 6.92 Å². The zero-order valence-electron chi connectivity index (χ0n) is 15.4. The van der Waals surface area contributed by atoms with E-state index in [0.29, 0.717) is 17.3 Å². The van der Waals surface area contributed by atoms with Crippen LogP contribution in [-0.4, -0.2) is 32.4 Å². The van der Waals surface area contributed by atoms with Crippen LogP contribution in [0.25, 0.3) is 4.96 Å². The molecule has 7 nitrogen and oxygen atoms in total. The van der Waals surface area contributed by atoms with Gasteiger partial charge >= 0.3 is 5.97 Å². The molecule has 27 heavy (non-hydrogen) atoms. The lowest BCUT2D eigenvalue weighted by Crippen LogP contribution is -2.40. The van der Waals surface area contributed by atoms with Crippen LogP contribution >= 0.6 is 11.3 Å². The van der Waals surface area contributed by atoms with E-state index in [-0.39, 0.29) is 23.6 Å². The molecule has 2 aromatic rings. The van der Waals surface area contributed by atoms with Crippen LogP contribution in [0.1, 0.15) is 67.4 Å². The summed E-state index contributed by atoms with van der Waals surface area (Å²) in [5.41, 5.74) is 0.357. The van der Waals surface area contributed by atoms with Crippen molar-refractivity contribution >= 4 is 28.2 Å². The van der Waals surface area contributed by atoms with Gasteiger partial charge in [0.1, 0.15) is 5.56 Å². The van der Waals surface area contributed by atoms with Crippen molar-refractivity contribution in [1.29, 1.82) is 0 Å². The Morgan fingerprint density at radius 3 is 2.81 bits per heavy atom. The van der Waals surface area contributed by atoms with Gasteiger partial charge in [-0.2, -0.15) is 0 Å². The van der Waals surface area contributed by atoms with Crippen molar-refractivity contribution in [2.45, 2.75) is 64.3 Å². The molecule has 1 aliphatic rings. The Bertz CT molecular complexity index is 883. The summed E-state index contributed by atoms with van der Waals surface area (Å²) in [4.78, 5) is 41.1. The molecule has 0 spiro atoms. The number of aryl methyl sites for hydroxylation is 1. The number of carbonyl (C=O) groups excluding carboxylic acids is 1. The third kappa shape index (κ3) is 4.74. The summed E-state index contributed by atoms with van der Waals surface area (Å²) in [6, 6.07) is -0.250. The van der Waals surface area contributed by atoms with E-state index in [9.17, 15) is 14.4 Å². The van der Waals surface area contributed by atoms with Crippen molar-refractivity contribution in [1.82, 2.24) is 14.7 Å². The zero-order chi connectivity index (χ0) is 19.4. The number of nitrogens with one attached hydrogen (secondary N) is 1. The van der Waals surface area contributed by atoms with Crippen LogP contribution in [0, 0.1) is 12.8 Å². The summed E-state index contributed by atoms with van der Waals surface area (Å²) in [6.45, 7) is 1.80. The molecule has 0 bridgehead atoms. The third-order valence-electron chi connectivity index (χ3n) is 5.25. The van der Waals surface area contributed by atoms with Crippen molar-refractivity contribution < 1.29 is 14.7 Å². The lowest BCUT2D eigenvalue weighted by Gasteiger charge is -2.27. The predicted molar refractivity (Wildman–Crippen MR) is 103 cm³/mol. The molecular formula is C19H25N3O4S. The van der Waals surface area contributed by atoms with Crippen molar-refractivity contribution in [2.75, 3.05) is 0 Å². The number of nitrogens with zero attached hydrogens (tertiary/aromatic N) is 2. The molecule has 0 radical (unpaired) electrons. The van der Waals surface area contributed by atoms with Gasteiger partial charge in [0.2, 0.25) is 0 Å². The van der Waals surface area contributed by atoms with Gasteiger partial charge in [0.25, 0.3) is 11.5 Å². The van der Waals surface area contributed by atoms with E-state index >= 15 is 0 Å².